The molecule has 0 unspecified atom stereocenters. The van der Waals surface area contributed by atoms with E-state index in [2.05, 4.69) is 0 Å². The van der Waals surface area contributed by atoms with Crippen LogP contribution in [0.15, 0.2) is 72.8 Å². The maximum Gasteiger partial charge on any atom is 0.308 e. The van der Waals surface area contributed by atoms with Gasteiger partial charge in [-0.3, -0.25) is 4.79 Å². The fourth-order valence-electron chi connectivity index (χ4n) is 3.35. The number of esters is 1. The number of aromatic hydroxyl groups is 2. The van der Waals surface area contributed by atoms with E-state index in [1.54, 1.807) is 48.5 Å². The number of benzene rings is 3. The topological polar surface area (TPSA) is 66.8 Å². The van der Waals surface area contributed by atoms with Crippen LogP contribution < -0.4 is 4.74 Å². The van der Waals surface area contributed by atoms with Crippen LogP contribution in [-0.2, 0) is 10.2 Å². The lowest BCUT2D eigenvalue weighted by Gasteiger charge is -2.33. The second-order valence-corrected chi connectivity index (χ2v) is 6.25. The largest absolute Gasteiger partial charge is 0.508 e. The Hall–Kier alpha value is -3.27. The van der Waals surface area contributed by atoms with Crippen molar-refractivity contribution in [2.45, 2.75) is 19.3 Å². The average Bonchev–Trinajstić information content (AvgIpc) is 2.62. The summed E-state index contributed by atoms with van der Waals surface area (Å²) in [5.41, 5.74) is 0.920. The fourth-order valence-corrected chi connectivity index (χ4v) is 3.35. The van der Waals surface area contributed by atoms with E-state index in [4.69, 9.17) is 4.74 Å². The van der Waals surface area contributed by atoms with Gasteiger partial charge in [0.2, 0.25) is 0 Å². The third-order valence-electron chi connectivity index (χ3n) is 4.56. The summed E-state index contributed by atoms with van der Waals surface area (Å²) in [5.74, 6) is 0.134. The Kier molecular flexibility index (Phi) is 4.67. The molecule has 3 rings (SSSR count). The van der Waals surface area contributed by atoms with Crippen molar-refractivity contribution in [1.29, 1.82) is 0 Å². The monoisotopic (exact) mass is 348 g/mol. The van der Waals surface area contributed by atoms with Crippen LogP contribution in [0.5, 0.6) is 17.2 Å². The van der Waals surface area contributed by atoms with Crippen molar-refractivity contribution in [1.82, 2.24) is 0 Å². The van der Waals surface area contributed by atoms with E-state index in [9.17, 15) is 15.0 Å². The Morgan fingerprint density at radius 2 is 1.19 bits per heavy atom. The lowest BCUT2D eigenvalue weighted by molar-refractivity contribution is -0.131. The molecule has 0 atom stereocenters. The van der Waals surface area contributed by atoms with Gasteiger partial charge in [-0.15, -0.1) is 0 Å². The summed E-state index contributed by atoms with van der Waals surface area (Å²) in [5, 5.41) is 21.1. The quantitative estimate of drug-likeness (QED) is 0.417. The van der Waals surface area contributed by atoms with Crippen molar-refractivity contribution >= 4 is 5.97 Å². The highest BCUT2D eigenvalue weighted by Gasteiger charge is 2.38. The Balaban J connectivity index is 2.36. The van der Waals surface area contributed by atoms with E-state index in [1.807, 2.05) is 31.2 Å². The molecule has 0 bridgehead atoms. The van der Waals surface area contributed by atoms with Crippen molar-refractivity contribution in [2.75, 3.05) is 0 Å². The van der Waals surface area contributed by atoms with Gasteiger partial charge in [-0.25, -0.2) is 0 Å². The molecule has 0 aliphatic rings. The number of hydrogen-bond donors (Lipinski definition) is 2. The van der Waals surface area contributed by atoms with E-state index < -0.39 is 11.4 Å². The third-order valence-corrected chi connectivity index (χ3v) is 4.56. The Bertz CT molecular complexity index is 901. The minimum absolute atomic E-state index is 0.0934. The zero-order valence-corrected chi connectivity index (χ0v) is 14.6. The normalized spacial score (nSPS) is 11.2. The Morgan fingerprint density at radius 3 is 1.65 bits per heavy atom. The number of rotatable bonds is 4. The molecule has 4 nitrogen and oxygen atoms in total. The first-order valence-corrected chi connectivity index (χ1v) is 8.29. The summed E-state index contributed by atoms with van der Waals surface area (Å²) in [4.78, 5) is 11.6. The van der Waals surface area contributed by atoms with Crippen LogP contribution in [0.25, 0.3) is 0 Å². The van der Waals surface area contributed by atoms with Gasteiger partial charge in [-0.05, 0) is 25.1 Å². The minimum atomic E-state index is -0.942. The zero-order valence-electron chi connectivity index (χ0n) is 14.6. The highest BCUT2D eigenvalue weighted by atomic mass is 16.5. The molecular weight excluding hydrogens is 328 g/mol. The number of ether oxygens (including phenoxy) is 1. The Labute approximate surface area is 152 Å². The maximum absolute atomic E-state index is 11.6. The van der Waals surface area contributed by atoms with Gasteiger partial charge in [0.15, 0.2) is 0 Å². The number of carbonyl (C=O) groups is 1. The molecule has 0 amide bonds. The predicted octanol–water partition coefficient (Wildman–Crippen LogP) is 4.38. The van der Waals surface area contributed by atoms with E-state index in [-0.39, 0.29) is 11.5 Å². The van der Waals surface area contributed by atoms with Crippen LogP contribution in [0.3, 0.4) is 0 Å². The fraction of sp³-hybridized carbons (Fsp3) is 0.136. The molecule has 0 spiro atoms. The molecule has 0 aromatic heterocycles. The average molecular weight is 348 g/mol. The van der Waals surface area contributed by atoms with Gasteiger partial charge in [0.05, 0.1) is 5.41 Å². The van der Waals surface area contributed by atoms with Crippen molar-refractivity contribution in [3.63, 3.8) is 0 Å². The number of phenols is 2. The maximum atomic E-state index is 11.6. The summed E-state index contributed by atoms with van der Waals surface area (Å²) >= 11 is 0. The molecular formula is C22H20O4. The van der Waals surface area contributed by atoms with Gasteiger partial charge in [-0.2, -0.15) is 0 Å². The number of phenolic OH excluding ortho intramolecular Hbond substituents is 2. The van der Waals surface area contributed by atoms with Gasteiger partial charge in [-0.1, -0.05) is 54.6 Å². The summed E-state index contributed by atoms with van der Waals surface area (Å²) in [6.07, 6.45) is 0. The summed E-state index contributed by atoms with van der Waals surface area (Å²) in [6.45, 7) is 3.23. The summed E-state index contributed by atoms with van der Waals surface area (Å²) < 4.78 is 5.41. The standard InChI is InChI=1S/C22H20O4/c1-15(23)26-21-14-8-5-11-18(21)22(2,16-9-3-6-12-19(16)24)17-10-4-7-13-20(17)25/h3-14,24-25H,1-2H3. The van der Waals surface area contributed by atoms with Crippen molar-refractivity contribution in [3.05, 3.63) is 89.5 Å². The number of para-hydroxylation sites is 3. The second-order valence-electron chi connectivity index (χ2n) is 6.25. The first-order chi connectivity index (χ1) is 12.4. The molecule has 3 aromatic carbocycles. The van der Waals surface area contributed by atoms with Gasteiger partial charge < -0.3 is 14.9 Å². The van der Waals surface area contributed by atoms with Crippen LogP contribution in [0, 0.1) is 0 Å². The molecule has 0 fully saturated rings. The lowest BCUT2D eigenvalue weighted by Crippen LogP contribution is -2.27. The van der Waals surface area contributed by atoms with Gasteiger partial charge in [0, 0.05) is 23.6 Å². The second kappa shape index (κ2) is 6.92. The third kappa shape index (κ3) is 3.02. The molecule has 0 saturated carbocycles. The number of hydrogen-bond acceptors (Lipinski definition) is 4. The van der Waals surface area contributed by atoms with Crippen molar-refractivity contribution < 1.29 is 19.7 Å². The Morgan fingerprint density at radius 1 is 0.769 bits per heavy atom. The molecule has 4 heteroatoms. The highest BCUT2D eigenvalue weighted by molar-refractivity contribution is 5.71. The minimum Gasteiger partial charge on any atom is -0.508 e. The first kappa shape index (κ1) is 17.5. The number of carbonyl (C=O) groups excluding carboxylic acids is 1. The van der Waals surface area contributed by atoms with Gasteiger partial charge >= 0.3 is 5.97 Å². The molecule has 132 valence electrons. The van der Waals surface area contributed by atoms with Crippen LogP contribution in [-0.4, -0.2) is 16.2 Å². The molecule has 3 aromatic rings. The highest BCUT2D eigenvalue weighted by Crippen LogP contribution is 2.48. The van der Waals surface area contributed by atoms with E-state index in [0.29, 0.717) is 22.4 Å². The molecule has 26 heavy (non-hydrogen) atoms. The van der Waals surface area contributed by atoms with Crippen LogP contribution in [0.2, 0.25) is 0 Å². The summed E-state index contributed by atoms with van der Waals surface area (Å²) in [7, 11) is 0. The molecule has 0 heterocycles. The molecule has 0 radical (unpaired) electrons. The van der Waals surface area contributed by atoms with E-state index >= 15 is 0 Å². The van der Waals surface area contributed by atoms with Crippen molar-refractivity contribution in [2.24, 2.45) is 0 Å². The zero-order chi connectivity index (χ0) is 18.7. The van der Waals surface area contributed by atoms with E-state index in [1.165, 1.54) is 6.92 Å². The predicted molar refractivity (Wildman–Crippen MR) is 99.5 cm³/mol. The molecule has 0 aliphatic heterocycles. The molecule has 0 aliphatic carbocycles. The van der Waals surface area contributed by atoms with Crippen LogP contribution in [0.4, 0.5) is 0 Å². The van der Waals surface area contributed by atoms with Crippen molar-refractivity contribution in [3.8, 4) is 17.2 Å². The molecule has 2 N–H and O–H groups in total. The van der Waals surface area contributed by atoms with Gasteiger partial charge in [0.1, 0.15) is 17.2 Å². The molecule has 0 saturated heterocycles. The van der Waals surface area contributed by atoms with E-state index in [0.717, 1.165) is 0 Å². The first-order valence-electron chi connectivity index (χ1n) is 8.29. The smallest absolute Gasteiger partial charge is 0.308 e. The van der Waals surface area contributed by atoms with Crippen LogP contribution in [0.1, 0.15) is 30.5 Å². The SMILES string of the molecule is CC(=O)Oc1ccccc1C(C)(c1ccccc1O)c1ccccc1O. The summed E-state index contributed by atoms with van der Waals surface area (Å²) in [6, 6.07) is 21.1. The van der Waals surface area contributed by atoms with Crippen LogP contribution >= 0.6 is 0 Å². The lowest BCUT2D eigenvalue weighted by atomic mass is 9.70. The van der Waals surface area contributed by atoms with Gasteiger partial charge in [0.25, 0.3) is 0 Å².